The standard InChI is InChI=1S/C15H29ClN2/c1-18-11-3-2-4-15(18)9-10-17-12-13-5-7-14(16)8-6-13/h13-15,17H,2-12H2,1H3. The Labute approximate surface area is 117 Å². The van der Waals surface area contributed by atoms with Gasteiger partial charge in [0.15, 0.2) is 0 Å². The molecule has 106 valence electrons. The Balaban J connectivity index is 1.53. The number of alkyl halides is 1. The number of halogens is 1. The number of likely N-dealkylation sites (tertiary alicyclic amines) is 1. The summed E-state index contributed by atoms with van der Waals surface area (Å²) in [5.74, 6) is 0.879. The molecule has 0 amide bonds. The molecule has 0 bridgehead atoms. The highest BCUT2D eigenvalue weighted by Gasteiger charge is 2.20. The smallest absolute Gasteiger partial charge is 0.0336 e. The van der Waals surface area contributed by atoms with Crippen molar-refractivity contribution in [1.82, 2.24) is 10.2 Å². The van der Waals surface area contributed by atoms with Crippen LogP contribution in [0.25, 0.3) is 0 Å². The number of hydrogen-bond donors (Lipinski definition) is 1. The summed E-state index contributed by atoms with van der Waals surface area (Å²) in [7, 11) is 2.28. The second-order valence-corrected chi connectivity index (χ2v) is 6.86. The normalized spacial score (nSPS) is 34.7. The van der Waals surface area contributed by atoms with Gasteiger partial charge >= 0.3 is 0 Å². The van der Waals surface area contributed by atoms with Crippen LogP contribution < -0.4 is 5.32 Å². The SMILES string of the molecule is CN1CCCCC1CCNCC1CCC(Cl)CC1. The molecule has 0 spiro atoms. The molecule has 1 aliphatic heterocycles. The monoisotopic (exact) mass is 272 g/mol. The molecule has 2 aliphatic rings. The van der Waals surface area contributed by atoms with Gasteiger partial charge in [-0.15, -0.1) is 11.6 Å². The lowest BCUT2D eigenvalue weighted by Gasteiger charge is -2.32. The minimum Gasteiger partial charge on any atom is -0.316 e. The average Bonchev–Trinajstić information content (AvgIpc) is 2.39. The Morgan fingerprint density at radius 1 is 1.11 bits per heavy atom. The predicted octanol–water partition coefficient (Wildman–Crippen LogP) is 3.25. The molecule has 1 N–H and O–H groups in total. The Kier molecular flexibility index (Phi) is 6.26. The van der Waals surface area contributed by atoms with Gasteiger partial charge in [-0.2, -0.15) is 0 Å². The maximum absolute atomic E-state index is 6.13. The van der Waals surface area contributed by atoms with E-state index in [1.54, 1.807) is 0 Å². The highest BCUT2D eigenvalue weighted by atomic mass is 35.5. The number of nitrogens with zero attached hydrogens (tertiary/aromatic N) is 1. The lowest BCUT2D eigenvalue weighted by atomic mass is 9.89. The fourth-order valence-electron chi connectivity index (χ4n) is 3.41. The van der Waals surface area contributed by atoms with Crippen molar-refractivity contribution < 1.29 is 0 Å². The minimum absolute atomic E-state index is 0.456. The Morgan fingerprint density at radius 2 is 1.89 bits per heavy atom. The topological polar surface area (TPSA) is 15.3 Å². The largest absolute Gasteiger partial charge is 0.316 e. The summed E-state index contributed by atoms with van der Waals surface area (Å²) < 4.78 is 0. The highest BCUT2D eigenvalue weighted by Crippen LogP contribution is 2.27. The van der Waals surface area contributed by atoms with E-state index >= 15 is 0 Å². The third-order valence-electron chi connectivity index (χ3n) is 4.79. The number of piperidine rings is 1. The van der Waals surface area contributed by atoms with Crippen LogP contribution in [0.3, 0.4) is 0 Å². The molecule has 2 nitrogen and oxygen atoms in total. The van der Waals surface area contributed by atoms with Crippen LogP contribution in [0.4, 0.5) is 0 Å². The van der Waals surface area contributed by atoms with Gasteiger partial charge in [-0.1, -0.05) is 6.42 Å². The van der Waals surface area contributed by atoms with Crippen molar-refractivity contribution in [2.24, 2.45) is 5.92 Å². The second kappa shape index (κ2) is 7.72. The van der Waals surface area contributed by atoms with Gasteiger partial charge in [0.05, 0.1) is 0 Å². The fourth-order valence-corrected chi connectivity index (χ4v) is 3.66. The van der Waals surface area contributed by atoms with Crippen molar-refractivity contribution in [2.45, 2.75) is 62.8 Å². The first-order valence-corrected chi connectivity index (χ1v) is 8.24. The van der Waals surface area contributed by atoms with E-state index in [2.05, 4.69) is 17.3 Å². The van der Waals surface area contributed by atoms with Crippen molar-refractivity contribution in [3.63, 3.8) is 0 Å². The van der Waals surface area contributed by atoms with Crippen molar-refractivity contribution >= 4 is 11.6 Å². The van der Waals surface area contributed by atoms with Crippen LogP contribution in [-0.4, -0.2) is 43.0 Å². The molecule has 0 radical (unpaired) electrons. The van der Waals surface area contributed by atoms with Gasteiger partial charge in [-0.25, -0.2) is 0 Å². The van der Waals surface area contributed by atoms with E-state index in [4.69, 9.17) is 11.6 Å². The van der Waals surface area contributed by atoms with Crippen LogP contribution in [0.2, 0.25) is 0 Å². The molecule has 1 saturated heterocycles. The van der Waals surface area contributed by atoms with E-state index in [1.807, 2.05) is 0 Å². The van der Waals surface area contributed by atoms with Gasteiger partial charge in [-0.3, -0.25) is 0 Å². The molecule has 1 heterocycles. The van der Waals surface area contributed by atoms with E-state index in [1.165, 1.54) is 71.0 Å². The van der Waals surface area contributed by atoms with Crippen molar-refractivity contribution in [1.29, 1.82) is 0 Å². The zero-order valence-electron chi connectivity index (χ0n) is 11.8. The van der Waals surface area contributed by atoms with Gasteiger partial charge < -0.3 is 10.2 Å². The molecular weight excluding hydrogens is 244 g/mol. The Hall–Kier alpha value is 0.210. The van der Waals surface area contributed by atoms with E-state index in [-0.39, 0.29) is 0 Å². The lowest BCUT2D eigenvalue weighted by Crippen LogP contribution is -2.38. The lowest BCUT2D eigenvalue weighted by molar-refractivity contribution is 0.174. The second-order valence-electron chi connectivity index (χ2n) is 6.24. The Bertz CT molecular complexity index is 227. The summed E-state index contributed by atoms with van der Waals surface area (Å²) in [6.45, 7) is 3.69. The average molecular weight is 273 g/mol. The van der Waals surface area contributed by atoms with E-state index in [0.717, 1.165) is 12.0 Å². The molecule has 1 unspecified atom stereocenters. The van der Waals surface area contributed by atoms with Gasteiger partial charge in [-0.05, 0) is 77.5 Å². The summed E-state index contributed by atoms with van der Waals surface area (Å²) in [6, 6.07) is 0.824. The fraction of sp³-hybridized carbons (Fsp3) is 1.00. The number of rotatable bonds is 5. The molecule has 0 aromatic heterocycles. The summed E-state index contributed by atoms with van der Waals surface area (Å²) in [5.41, 5.74) is 0. The minimum atomic E-state index is 0.456. The Morgan fingerprint density at radius 3 is 2.61 bits per heavy atom. The van der Waals surface area contributed by atoms with E-state index < -0.39 is 0 Å². The molecule has 3 heteroatoms. The molecular formula is C15H29ClN2. The number of nitrogens with one attached hydrogen (secondary N) is 1. The molecule has 1 atom stereocenters. The van der Waals surface area contributed by atoms with Crippen molar-refractivity contribution in [3.05, 3.63) is 0 Å². The maximum atomic E-state index is 6.13. The summed E-state index contributed by atoms with van der Waals surface area (Å²) in [6.07, 6.45) is 10.6. The molecule has 18 heavy (non-hydrogen) atoms. The van der Waals surface area contributed by atoms with Crippen LogP contribution in [0, 0.1) is 5.92 Å². The molecule has 0 aromatic rings. The summed E-state index contributed by atoms with van der Waals surface area (Å²) in [4.78, 5) is 2.55. The molecule has 2 fully saturated rings. The van der Waals surface area contributed by atoms with Crippen molar-refractivity contribution in [2.75, 3.05) is 26.7 Å². The third kappa shape index (κ3) is 4.71. The first kappa shape index (κ1) is 14.6. The first-order chi connectivity index (χ1) is 8.75. The van der Waals surface area contributed by atoms with Crippen LogP contribution in [0.15, 0.2) is 0 Å². The van der Waals surface area contributed by atoms with E-state index in [9.17, 15) is 0 Å². The van der Waals surface area contributed by atoms with Crippen LogP contribution >= 0.6 is 11.6 Å². The van der Waals surface area contributed by atoms with Crippen LogP contribution in [0.1, 0.15) is 51.4 Å². The van der Waals surface area contributed by atoms with Crippen molar-refractivity contribution in [3.8, 4) is 0 Å². The van der Waals surface area contributed by atoms with E-state index in [0.29, 0.717) is 5.38 Å². The van der Waals surface area contributed by atoms with Crippen LogP contribution in [0.5, 0.6) is 0 Å². The van der Waals surface area contributed by atoms with Gasteiger partial charge in [0.2, 0.25) is 0 Å². The number of hydrogen-bond acceptors (Lipinski definition) is 2. The maximum Gasteiger partial charge on any atom is 0.0336 e. The van der Waals surface area contributed by atoms with Gasteiger partial charge in [0, 0.05) is 11.4 Å². The third-order valence-corrected chi connectivity index (χ3v) is 5.22. The molecule has 1 saturated carbocycles. The van der Waals surface area contributed by atoms with Gasteiger partial charge in [0.25, 0.3) is 0 Å². The zero-order valence-corrected chi connectivity index (χ0v) is 12.6. The molecule has 1 aliphatic carbocycles. The first-order valence-electron chi connectivity index (χ1n) is 7.80. The predicted molar refractivity (Wildman–Crippen MR) is 79.4 cm³/mol. The molecule has 2 rings (SSSR count). The van der Waals surface area contributed by atoms with Crippen LogP contribution in [-0.2, 0) is 0 Å². The summed E-state index contributed by atoms with van der Waals surface area (Å²) in [5, 5.41) is 4.12. The molecule has 0 aromatic carbocycles. The zero-order chi connectivity index (χ0) is 12.8. The highest BCUT2D eigenvalue weighted by molar-refractivity contribution is 6.20. The quantitative estimate of drug-likeness (QED) is 0.611. The van der Waals surface area contributed by atoms with Gasteiger partial charge in [0.1, 0.15) is 0 Å². The summed E-state index contributed by atoms with van der Waals surface area (Å²) >= 11 is 6.13.